The van der Waals surface area contributed by atoms with Crippen LogP contribution in [0.3, 0.4) is 0 Å². The van der Waals surface area contributed by atoms with E-state index in [0.717, 1.165) is 16.7 Å². The van der Waals surface area contributed by atoms with Crippen molar-refractivity contribution in [3.63, 3.8) is 0 Å². The molecule has 0 bridgehead atoms. The first-order valence-corrected chi connectivity index (χ1v) is 7.66. The van der Waals surface area contributed by atoms with Crippen molar-refractivity contribution < 1.29 is 8.83 Å². The van der Waals surface area contributed by atoms with E-state index >= 15 is 0 Å². The molecule has 24 heavy (non-hydrogen) atoms. The molecule has 0 saturated heterocycles. The lowest BCUT2D eigenvalue weighted by Crippen LogP contribution is -2.06. The Hall–Kier alpha value is -3.33. The van der Waals surface area contributed by atoms with Gasteiger partial charge in [0, 0.05) is 5.56 Å². The molecule has 0 saturated carbocycles. The summed E-state index contributed by atoms with van der Waals surface area (Å²) in [6.07, 6.45) is 1.56. The number of furan rings is 1. The molecule has 3 nitrogen and oxygen atoms in total. The SMILES string of the molecule is O=c1oc(-c2ccco2)cc(-c2ccccc2)c1-c1ccccc1. The summed E-state index contributed by atoms with van der Waals surface area (Å²) in [5.74, 6) is 0.951. The summed E-state index contributed by atoms with van der Waals surface area (Å²) >= 11 is 0. The third-order valence-corrected chi connectivity index (χ3v) is 3.86. The highest BCUT2D eigenvalue weighted by molar-refractivity contribution is 5.84. The van der Waals surface area contributed by atoms with Crippen molar-refractivity contribution in [3.05, 3.63) is 95.5 Å². The van der Waals surface area contributed by atoms with Crippen LogP contribution in [-0.4, -0.2) is 0 Å². The van der Waals surface area contributed by atoms with Gasteiger partial charge in [0.05, 0.1) is 11.8 Å². The Morgan fingerprint density at radius 1 is 0.667 bits per heavy atom. The maximum atomic E-state index is 12.7. The van der Waals surface area contributed by atoms with Gasteiger partial charge in [0.2, 0.25) is 0 Å². The van der Waals surface area contributed by atoms with Gasteiger partial charge in [-0.3, -0.25) is 0 Å². The predicted molar refractivity (Wildman–Crippen MR) is 93.6 cm³/mol. The normalized spacial score (nSPS) is 10.7. The third kappa shape index (κ3) is 2.57. The van der Waals surface area contributed by atoms with Crippen LogP contribution in [0.5, 0.6) is 0 Å². The number of benzene rings is 2. The van der Waals surface area contributed by atoms with Crippen LogP contribution >= 0.6 is 0 Å². The van der Waals surface area contributed by atoms with Crippen LogP contribution in [0.25, 0.3) is 33.8 Å². The Morgan fingerprint density at radius 2 is 1.33 bits per heavy atom. The zero-order chi connectivity index (χ0) is 16.4. The first-order chi connectivity index (χ1) is 11.8. The van der Waals surface area contributed by atoms with Gasteiger partial charge < -0.3 is 8.83 Å². The summed E-state index contributed by atoms with van der Waals surface area (Å²) in [6, 6.07) is 24.8. The summed E-state index contributed by atoms with van der Waals surface area (Å²) in [6.45, 7) is 0. The second-order valence-corrected chi connectivity index (χ2v) is 5.40. The third-order valence-electron chi connectivity index (χ3n) is 3.86. The number of hydrogen-bond donors (Lipinski definition) is 0. The second-order valence-electron chi connectivity index (χ2n) is 5.40. The molecule has 0 fully saturated rings. The van der Waals surface area contributed by atoms with Gasteiger partial charge in [0.15, 0.2) is 11.5 Å². The topological polar surface area (TPSA) is 43.4 Å². The van der Waals surface area contributed by atoms with E-state index in [1.165, 1.54) is 0 Å². The molecule has 2 heterocycles. The van der Waals surface area contributed by atoms with Crippen molar-refractivity contribution in [1.82, 2.24) is 0 Å². The maximum Gasteiger partial charge on any atom is 0.344 e. The smallest absolute Gasteiger partial charge is 0.344 e. The van der Waals surface area contributed by atoms with Crippen molar-refractivity contribution in [3.8, 4) is 33.8 Å². The van der Waals surface area contributed by atoms with Gasteiger partial charge in [-0.25, -0.2) is 4.79 Å². The van der Waals surface area contributed by atoms with Crippen molar-refractivity contribution >= 4 is 0 Å². The van der Waals surface area contributed by atoms with Gasteiger partial charge in [0.1, 0.15) is 0 Å². The molecule has 0 unspecified atom stereocenters. The van der Waals surface area contributed by atoms with Crippen LogP contribution in [0, 0.1) is 0 Å². The molecule has 0 N–H and O–H groups in total. The van der Waals surface area contributed by atoms with E-state index in [1.807, 2.05) is 66.7 Å². The van der Waals surface area contributed by atoms with E-state index in [9.17, 15) is 4.79 Å². The summed E-state index contributed by atoms with van der Waals surface area (Å²) in [5, 5.41) is 0. The molecular weight excluding hydrogens is 300 g/mol. The first kappa shape index (κ1) is 14.3. The molecule has 0 radical (unpaired) electrons. The summed E-state index contributed by atoms with van der Waals surface area (Å²) in [4.78, 5) is 12.7. The Labute approximate surface area is 138 Å². The minimum atomic E-state index is -0.381. The highest BCUT2D eigenvalue weighted by atomic mass is 16.4. The molecule has 0 atom stereocenters. The van der Waals surface area contributed by atoms with E-state index in [1.54, 1.807) is 18.4 Å². The number of rotatable bonds is 3. The molecule has 3 heteroatoms. The van der Waals surface area contributed by atoms with Crippen molar-refractivity contribution in [1.29, 1.82) is 0 Å². The van der Waals surface area contributed by atoms with Gasteiger partial charge in [-0.15, -0.1) is 0 Å². The molecule has 4 aromatic rings. The van der Waals surface area contributed by atoms with E-state index in [2.05, 4.69) is 0 Å². The van der Waals surface area contributed by atoms with E-state index in [4.69, 9.17) is 8.83 Å². The van der Waals surface area contributed by atoms with Gasteiger partial charge >= 0.3 is 5.63 Å². The monoisotopic (exact) mass is 314 g/mol. The Morgan fingerprint density at radius 3 is 1.96 bits per heavy atom. The Kier molecular flexibility index (Phi) is 3.60. The van der Waals surface area contributed by atoms with E-state index in [-0.39, 0.29) is 5.63 Å². The fraction of sp³-hybridized carbons (Fsp3) is 0. The quantitative estimate of drug-likeness (QED) is 0.520. The van der Waals surface area contributed by atoms with E-state index in [0.29, 0.717) is 17.1 Å². The van der Waals surface area contributed by atoms with Gasteiger partial charge in [-0.2, -0.15) is 0 Å². The predicted octanol–water partition coefficient (Wildman–Crippen LogP) is 5.23. The summed E-state index contributed by atoms with van der Waals surface area (Å²) in [5.41, 5.74) is 2.78. The summed E-state index contributed by atoms with van der Waals surface area (Å²) < 4.78 is 10.9. The Bertz CT molecular complexity index is 998. The van der Waals surface area contributed by atoms with Crippen molar-refractivity contribution in [2.24, 2.45) is 0 Å². The van der Waals surface area contributed by atoms with Crippen LogP contribution in [0.1, 0.15) is 0 Å². The van der Waals surface area contributed by atoms with Crippen LogP contribution in [0.4, 0.5) is 0 Å². The second kappa shape index (κ2) is 6.05. The molecule has 2 aromatic heterocycles. The lowest BCUT2D eigenvalue weighted by atomic mass is 9.96. The molecule has 0 spiro atoms. The van der Waals surface area contributed by atoms with Crippen molar-refractivity contribution in [2.75, 3.05) is 0 Å². The molecule has 2 aromatic carbocycles. The van der Waals surface area contributed by atoms with Gasteiger partial charge in [0.25, 0.3) is 0 Å². The van der Waals surface area contributed by atoms with Crippen molar-refractivity contribution in [2.45, 2.75) is 0 Å². The van der Waals surface area contributed by atoms with Crippen LogP contribution in [-0.2, 0) is 0 Å². The van der Waals surface area contributed by atoms with Crippen LogP contribution in [0.15, 0.2) is 98.8 Å². The molecule has 4 rings (SSSR count). The fourth-order valence-corrected chi connectivity index (χ4v) is 2.76. The van der Waals surface area contributed by atoms with Crippen LogP contribution < -0.4 is 5.63 Å². The minimum Gasteiger partial charge on any atom is -0.461 e. The molecule has 0 amide bonds. The average Bonchev–Trinajstić information content (AvgIpc) is 3.17. The first-order valence-electron chi connectivity index (χ1n) is 7.66. The molecule has 116 valence electrons. The van der Waals surface area contributed by atoms with Gasteiger partial charge in [-0.05, 0) is 29.3 Å². The fourth-order valence-electron chi connectivity index (χ4n) is 2.76. The standard InChI is InChI=1S/C21H14O3/c22-21-20(16-10-5-2-6-11-16)17(15-8-3-1-4-9-15)14-19(24-21)18-12-7-13-23-18/h1-14H. The molecule has 0 aliphatic rings. The molecule has 0 aliphatic carbocycles. The highest BCUT2D eigenvalue weighted by Crippen LogP contribution is 2.33. The van der Waals surface area contributed by atoms with Crippen LogP contribution in [0.2, 0.25) is 0 Å². The highest BCUT2D eigenvalue weighted by Gasteiger charge is 2.17. The molecule has 0 aliphatic heterocycles. The minimum absolute atomic E-state index is 0.381. The number of hydrogen-bond acceptors (Lipinski definition) is 3. The lowest BCUT2D eigenvalue weighted by molar-refractivity contribution is 0.493. The maximum absolute atomic E-state index is 12.7. The van der Waals surface area contributed by atoms with E-state index < -0.39 is 0 Å². The Balaban J connectivity index is 2.01. The zero-order valence-electron chi connectivity index (χ0n) is 12.8. The molecular formula is C21H14O3. The summed E-state index contributed by atoms with van der Waals surface area (Å²) in [7, 11) is 0. The van der Waals surface area contributed by atoms with Gasteiger partial charge in [-0.1, -0.05) is 60.7 Å². The lowest BCUT2D eigenvalue weighted by Gasteiger charge is -2.10. The largest absolute Gasteiger partial charge is 0.461 e. The average molecular weight is 314 g/mol. The zero-order valence-corrected chi connectivity index (χ0v) is 12.8.